The third kappa shape index (κ3) is 3.80. The lowest BCUT2D eigenvalue weighted by molar-refractivity contribution is -0.127. The molecule has 7 N–H and O–H groups in total. The molecule has 1 unspecified atom stereocenters. The predicted octanol–water partition coefficient (Wildman–Crippen LogP) is 1.10. The van der Waals surface area contributed by atoms with E-state index >= 15 is 0 Å². The summed E-state index contributed by atoms with van der Waals surface area (Å²) in [7, 11) is 0. The molecule has 0 radical (unpaired) electrons. The second kappa shape index (κ2) is 6.68. The summed E-state index contributed by atoms with van der Waals surface area (Å²) in [5.74, 6) is 4.95. The van der Waals surface area contributed by atoms with Gasteiger partial charge in [0.1, 0.15) is 0 Å². The van der Waals surface area contributed by atoms with Gasteiger partial charge in [0.25, 0.3) is 0 Å². The molecule has 25 heavy (non-hydrogen) atoms. The van der Waals surface area contributed by atoms with Crippen LogP contribution in [-0.2, 0) is 4.74 Å². The number of aliphatic hydroxyl groups is 2. The lowest BCUT2D eigenvalue weighted by atomic mass is 9.98. The summed E-state index contributed by atoms with van der Waals surface area (Å²) in [5.41, 5.74) is 10.3. The van der Waals surface area contributed by atoms with E-state index in [9.17, 15) is 0 Å². The molecule has 1 aromatic carbocycles. The third-order valence-corrected chi connectivity index (χ3v) is 4.40. The zero-order valence-electron chi connectivity index (χ0n) is 14.6. The standard InChI is InChI=1S/C15H18N4O.C3H8O2/c16-14(11-7-18-12-4-2-1-3-9(11)12)15-10-5-6-20-13(10)8-19(15)17;1-3(2,4)5/h1-4,7,10,13,18H,5-6,8,16-17H2;4-5H,1-2H3/b15-14-;/t10?,13-;/m1./s1. The second-order valence-electron chi connectivity index (χ2n) is 7.00. The first-order valence-corrected chi connectivity index (χ1v) is 8.40. The van der Waals surface area contributed by atoms with Crippen LogP contribution in [0.25, 0.3) is 16.6 Å². The highest BCUT2D eigenvalue weighted by Gasteiger charge is 2.41. The van der Waals surface area contributed by atoms with Gasteiger partial charge in [-0.15, -0.1) is 0 Å². The summed E-state index contributed by atoms with van der Waals surface area (Å²) in [6.07, 6.45) is 3.15. The maximum absolute atomic E-state index is 8.08. The molecule has 0 saturated carbocycles. The van der Waals surface area contributed by atoms with Crippen LogP contribution in [0.1, 0.15) is 25.8 Å². The van der Waals surface area contributed by atoms with Gasteiger partial charge >= 0.3 is 0 Å². The summed E-state index contributed by atoms with van der Waals surface area (Å²) < 4.78 is 5.71. The third-order valence-electron chi connectivity index (χ3n) is 4.40. The van der Waals surface area contributed by atoms with Crippen molar-refractivity contribution in [3.05, 3.63) is 41.7 Å². The number of aromatic amines is 1. The number of H-pyrrole nitrogens is 1. The Morgan fingerprint density at radius 2 is 2.00 bits per heavy atom. The number of para-hydroxylation sites is 1. The van der Waals surface area contributed by atoms with Gasteiger partial charge in [-0.05, 0) is 26.3 Å². The highest BCUT2D eigenvalue weighted by Crippen LogP contribution is 2.39. The molecular weight excluding hydrogens is 320 g/mol. The fourth-order valence-corrected chi connectivity index (χ4v) is 3.43. The Labute approximate surface area is 146 Å². The van der Waals surface area contributed by atoms with E-state index in [0.29, 0.717) is 5.92 Å². The number of fused-ring (bicyclic) bond motifs is 2. The smallest absolute Gasteiger partial charge is 0.156 e. The van der Waals surface area contributed by atoms with Crippen molar-refractivity contribution < 1.29 is 14.9 Å². The van der Waals surface area contributed by atoms with Gasteiger partial charge in [-0.2, -0.15) is 0 Å². The number of benzene rings is 1. The maximum atomic E-state index is 8.08. The average Bonchev–Trinajstić information content (AvgIpc) is 3.18. The zero-order valence-corrected chi connectivity index (χ0v) is 14.6. The molecule has 1 aromatic heterocycles. The van der Waals surface area contributed by atoms with Gasteiger partial charge in [0, 0.05) is 35.2 Å². The fraction of sp³-hybridized carbons (Fsp3) is 0.444. The van der Waals surface area contributed by atoms with Crippen molar-refractivity contribution in [3.8, 4) is 0 Å². The van der Waals surface area contributed by atoms with E-state index in [0.717, 1.165) is 47.4 Å². The molecule has 4 rings (SSSR count). The lowest BCUT2D eigenvalue weighted by Gasteiger charge is -2.18. The van der Waals surface area contributed by atoms with Crippen molar-refractivity contribution in [1.82, 2.24) is 9.99 Å². The van der Waals surface area contributed by atoms with Gasteiger partial charge in [0.2, 0.25) is 0 Å². The van der Waals surface area contributed by atoms with Crippen LogP contribution in [0, 0.1) is 5.92 Å². The van der Waals surface area contributed by atoms with E-state index < -0.39 is 5.79 Å². The molecule has 2 aliphatic rings. The Hall–Kier alpha value is -2.06. The van der Waals surface area contributed by atoms with Crippen LogP contribution < -0.4 is 11.6 Å². The number of nitrogens with zero attached hydrogens (tertiary/aromatic N) is 1. The van der Waals surface area contributed by atoms with Crippen LogP contribution in [0.4, 0.5) is 0 Å². The molecule has 2 atom stereocenters. The average molecular weight is 346 g/mol. The highest BCUT2D eigenvalue weighted by atomic mass is 16.5. The topological polar surface area (TPSA) is 121 Å². The van der Waals surface area contributed by atoms with Gasteiger partial charge in [0.15, 0.2) is 5.79 Å². The Bertz CT molecular complexity index is 772. The molecule has 2 fully saturated rings. The van der Waals surface area contributed by atoms with E-state index in [1.807, 2.05) is 24.4 Å². The molecule has 0 aliphatic carbocycles. The fourth-order valence-electron chi connectivity index (χ4n) is 3.43. The molecule has 7 heteroatoms. The molecule has 2 aliphatic heterocycles. The quantitative estimate of drug-likeness (QED) is 0.389. The van der Waals surface area contributed by atoms with E-state index in [2.05, 4.69) is 11.1 Å². The number of nitrogens with two attached hydrogens (primary N) is 2. The summed E-state index contributed by atoms with van der Waals surface area (Å²) in [6.45, 7) is 4.12. The summed E-state index contributed by atoms with van der Waals surface area (Å²) in [4.78, 5) is 3.26. The van der Waals surface area contributed by atoms with Crippen LogP contribution in [0.2, 0.25) is 0 Å². The van der Waals surface area contributed by atoms with Crippen molar-refractivity contribution in [2.45, 2.75) is 32.2 Å². The second-order valence-corrected chi connectivity index (χ2v) is 7.00. The van der Waals surface area contributed by atoms with Gasteiger partial charge in [-0.25, -0.2) is 5.84 Å². The van der Waals surface area contributed by atoms with Crippen LogP contribution in [-0.4, -0.2) is 45.2 Å². The molecule has 136 valence electrons. The molecule has 0 bridgehead atoms. The minimum absolute atomic E-state index is 0.193. The van der Waals surface area contributed by atoms with E-state index in [1.165, 1.54) is 13.8 Å². The largest absolute Gasteiger partial charge is 0.397 e. The van der Waals surface area contributed by atoms with Gasteiger partial charge in [0.05, 0.1) is 24.0 Å². The molecule has 0 amide bonds. The Kier molecular flexibility index (Phi) is 4.75. The lowest BCUT2D eigenvalue weighted by Crippen LogP contribution is -2.30. The summed E-state index contributed by atoms with van der Waals surface area (Å²) >= 11 is 0. The molecule has 2 aromatic rings. The number of hydrogen-bond donors (Lipinski definition) is 5. The van der Waals surface area contributed by atoms with Crippen LogP contribution in [0.15, 0.2) is 36.2 Å². The van der Waals surface area contributed by atoms with Crippen molar-refractivity contribution in [2.75, 3.05) is 13.2 Å². The number of rotatable bonds is 1. The van der Waals surface area contributed by atoms with Crippen LogP contribution in [0.3, 0.4) is 0 Å². The number of ether oxygens (including phenoxy) is 1. The predicted molar refractivity (Wildman–Crippen MR) is 96.7 cm³/mol. The normalized spacial score (nSPS) is 24.9. The van der Waals surface area contributed by atoms with Gasteiger partial charge in [-0.1, -0.05) is 18.2 Å². The molecule has 3 heterocycles. The first kappa shape index (κ1) is 17.8. The minimum Gasteiger partial charge on any atom is -0.397 e. The summed E-state index contributed by atoms with van der Waals surface area (Å²) in [5, 5.41) is 19.0. The van der Waals surface area contributed by atoms with Crippen molar-refractivity contribution >= 4 is 16.6 Å². The van der Waals surface area contributed by atoms with E-state index in [4.69, 9.17) is 26.5 Å². The van der Waals surface area contributed by atoms with E-state index in [1.54, 1.807) is 5.01 Å². The maximum Gasteiger partial charge on any atom is 0.156 e. The minimum atomic E-state index is -1.50. The van der Waals surface area contributed by atoms with Crippen molar-refractivity contribution in [3.63, 3.8) is 0 Å². The Morgan fingerprint density at radius 1 is 1.32 bits per heavy atom. The highest BCUT2D eigenvalue weighted by molar-refractivity contribution is 5.92. The van der Waals surface area contributed by atoms with Crippen LogP contribution in [0.5, 0.6) is 0 Å². The van der Waals surface area contributed by atoms with Crippen molar-refractivity contribution in [1.29, 1.82) is 0 Å². The van der Waals surface area contributed by atoms with Crippen LogP contribution >= 0.6 is 0 Å². The number of hydrazine groups is 1. The molecule has 2 saturated heterocycles. The first-order valence-electron chi connectivity index (χ1n) is 8.40. The van der Waals surface area contributed by atoms with Gasteiger partial charge < -0.3 is 30.7 Å². The number of hydrogen-bond acceptors (Lipinski definition) is 6. The molecule has 7 nitrogen and oxygen atoms in total. The SMILES string of the molecule is CC(C)(O)O.N/C(=C1/C2CCO[C@@H]2CN1N)c1c[nH]c2ccccc12. The number of nitrogens with one attached hydrogen (secondary N) is 1. The molecule has 0 spiro atoms. The first-order chi connectivity index (χ1) is 11.8. The Balaban J connectivity index is 0.000000324. The van der Waals surface area contributed by atoms with Crippen molar-refractivity contribution in [2.24, 2.45) is 17.5 Å². The Morgan fingerprint density at radius 3 is 2.72 bits per heavy atom. The number of aromatic nitrogens is 1. The molecular formula is C18H26N4O3. The zero-order chi connectivity index (χ0) is 18.2. The summed E-state index contributed by atoms with van der Waals surface area (Å²) in [6, 6.07) is 8.16. The van der Waals surface area contributed by atoms with Gasteiger partial charge in [-0.3, -0.25) is 0 Å². The monoisotopic (exact) mass is 346 g/mol. The van der Waals surface area contributed by atoms with E-state index in [-0.39, 0.29) is 6.10 Å².